The quantitative estimate of drug-likeness (QED) is 0.282. The van der Waals surface area contributed by atoms with Crippen LogP contribution in [0.5, 0.6) is 0 Å². The maximum Gasteiger partial charge on any atom is 0.243 e. The summed E-state index contributed by atoms with van der Waals surface area (Å²) < 4.78 is 0. The molecular weight excluding hydrogens is 246 g/mol. The SMILES string of the molecule is C/C=C/C=C/C(=O)NCCCCCCCCCCCC. The molecule has 1 N–H and O–H groups in total. The molecule has 0 aromatic carbocycles. The minimum atomic E-state index is 0.0130. The van der Waals surface area contributed by atoms with Gasteiger partial charge in [0.25, 0.3) is 0 Å². The van der Waals surface area contributed by atoms with Gasteiger partial charge < -0.3 is 5.32 Å². The summed E-state index contributed by atoms with van der Waals surface area (Å²) in [7, 11) is 0. The third-order valence-electron chi connectivity index (χ3n) is 3.38. The van der Waals surface area contributed by atoms with Crippen LogP contribution in [0.15, 0.2) is 24.3 Å². The molecule has 0 aliphatic carbocycles. The van der Waals surface area contributed by atoms with Crippen LogP contribution < -0.4 is 5.32 Å². The molecular formula is C18H33NO. The van der Waals surface area contributed by atoms with Gasteiger partial charge in [0.05, 0.1) is 0 Å². The van der Waals surface area contributed by atoms with E-state index in [0.717, 1.165) is 13.0 Å². The molecule has 0 spiro atoms. The Labute approximate surface area is 125 Å². The highest BCUT2D eigenvalue weighted by atomic mass is 16.1. The zero-order valence-corrected chi connectivity index (χ0v) is 13.5. The lowest BCUT2D eigenvalue weighted by molar-refractivity contribution is -0.116. The average molecular weight is 279 g/mol. The molecule has 0 saturated heterocycles. The van der Waals surface area contributed by atoms with Crippen molar-refractivity contribution < 1.29 is 4.79 Å². The molecule has 0 rings (SSSR count). The Morgan fingerprint density at radius 2 is 1.40 bits per heavy atom. The van der Waals surface area contributed by atoms with Crippen LogP contribution in [0.3, 0.4) is 0 Å². The topological polar surface area (TPSA) is 29.1 Å². The first-order chi connectivity index (χ1) is 9.81. The predicted octanol–water partition coefficient (Wildman–Crippen LogP) is 5.16. The highest BCUT2D eigenvalue weighted by molar-refractivity contribution is 5.87. The van der Waals surface area contributed by atoms with Gasteiger partial charge in [-0.1, -0.05) is 82.9 Å². The van der Waals surface area contributed by atoms with Crippen molar-refractivity contribution in [1.82, 2.24) is 5.32 Å². The van der Waals surface area contributed by atoms with Crippen molar-refractivity contribution in [2.75, 3.05) is 6.54 Å². The monoisotopic (exact) mass is 279 g/mol. The lowest BCUT2D eigenvalue weighted by Gasteiger charge is -2.03. The van der Waals surface area contributed by atoms with E-state index in [2.05, 4.69) is 12.2 Å². The van der Waals surface area contributed by atoms with Crippen LogP contribution in [-0.4, -0.2) is 12.5 Å². The Morgan fingerprint density at radius 1 is 0.850 bits per heavy atom. The Kier molecular flexibility index (Phi) is 15.2. The number of allylic oxidation sites excluding steroid dienone is 3. The fourth-order valence-corrected chi connectivity index (χ4v) is 2.14. The molecule has 0 heterocycles. The van der Waals surface area contributed by atoms with Crippen molar-refractivity contribution in [2.24, 2.45) is 0 Å². The molecule has 2 nitrogen and oxygen atoms in total. The highest BCUT2D eigenvalue weighted by Gasteiger charge is 1.95. The van der Waals surface area contributed by atoms with Crippen LogP contribution in [-0.2, 0) is 4.79 Å². The van der Waals surface area contributed by atoms with Gasteiger partial charge in [0.1, 0.15) is 0 Å². The molecule has 0 aliphatic rings. The van der Waals surface area contributed by atoms with E-state index in [0.29, 0.717) is 0 Å². The second-order valence-corrected chi connectivity index (χ2v) is 5.36. The summed E-state index contributed by atoms with van der Waals surface area (Å²) in [6.07, 6.45) is 20.4. The number of hydrogen-bond donors (Lipinski definition) is 1. The maximum atomic E-state index is 11.3. The number of nitrogens with one attached hydrogen (secondary N) is 1. The van der Waals surface area contributed by atoms with E-state index in [4.69, 9.17) is 0 Å². The van der Waals surface area contributed by atoms with Crippen molar-refractivity contribution in [3.8, 4) is 0 Å². The number of hydrogen-bond acceptors (Lipinski definition) is 1. The first-order valence-electron chi connectivity index (χ1n) is 8.38. The standard InChI is InChI=1S/C18H33NO/c1-3-5-7-8-9-10-11-12-13-15-17-19-18(20)16-14-6-4-2/h4,6,14,16H,3,5,7-13,15,17H2,1-2H3,(H,19,20)/b6-4+,16-14+. The van der Waals surface area contributed by atoms with E-state index < -0.39 is 0 Å². The van der Waals surface area contributed by atoms with Crippen molar-refractivity contribution in [3.05, 3.63) is 24.3 Å². The number of amides is 1. The van der Waals surface area contributed by atoms with Gasteiger partial charge in [-0.15, -0.1) is 0 Å². The zero-order valence-electron chi connectivity index (χ0n) is 13.5. The predicted molar refractivity (Wildman–Crippen MR) is 88.8 cm³/mol. The molecule has 0 aliphatic heterocycles. The molecule has 0 radical (unpaired) electrons. The van der Waals surface area contributed by atoms with Crippen molar-refractivity contribution in [3.63, 3.8) is 0 Å². The van der Waals surface area contributed by atoms with Gasteiger partial charge in [-0.05, 0) is 13.3 Å². The lowest BCUT2D eigenvalue weighted by atomic mass is 10.1. The molecule has 20 heavy (non-hydrogen) atoms. The Bertz CT molecular complexity index is 269. The summed E-state index contributed by atoms with van der Waals surface area (Å²) in [6.45, 7) is 5.00. The molecule has 116 valence electrons. The largest absolute Gasteiger partial charge is 0.353 e. The number of rotatable bonds is 13. The van der Waals surface area contributed by atoms with Crippen LogP contribution in [0, 0.1) is 0 Å². The van der Waals surface area contributed by atoms with Gasteiger partial charge in [-0.25, -0.2) is 0 Å². The van der Waals surface area contributed by atoms with E-state index in [1.807, 2.05) is 19.1 Å². The summed E-state index contributed by atoms with van der Waals surface area (Å²) in [5, 5.41) is 2.91. The third-order valence-corrected chi connectivity index (χ3v) is 3.38. The fraction of sp³-hybridized carbons (Fsp3) is 0.722. The second-order valence-electron chi connectivity index (χ2n) is 5.36. The smallest absolute Gasteiger partial charge is 0.243 e. The van der Waals surface area contributed by atoms with Crippen LogP contribution in [0.25, 0.3) is 0 Å². The van der Waals surface area contributed by atoms with Gasteiger partial charge in [0.15, 0.2) is 0 Å². The number of carbonyl (C=O) groups is 1. The van der Waals surface area contributed by atoms with Gasteiger partial charge >= 0.3 is 0 Å². The minimum Gasteiger partial charge on any atom is -0.353 e. The normalized spacial score (nSPS) is 11.5. The van der Waals surface area contributed by atoms with Crippen molar-refractivity contribution in [1.29, 1.82) is 0 Å². The zero-order chi connectivity index (χ0) is 14.9. The van der Waals surface area contributed by atoms with Crippen molar-refractivity contribution >= 4 is 5.91 Å². The first-order valence-corrected chi connectivity index (χ1v) is 8.38. The lowest BCUT2D eigenvalue weighted by Crippen LogP contribution is -2.21. The summed E-state index contributed by atoms with van der Waals surface area (Å²) in [5.74, 6) is 0.0130. The Hall–Kier alpha value is -1.05. The highest BCUT2D eigenvalue weighted by Crippen LogP contribution is 2.10. The van der Waals surface area contributed by atoms with Gasteiger partial charge in [-0.2, -0.15) is 0 Å². The molecule has 0 saturated carbocycles. The molecule has 0 bridgehead atoms. The summed E-state index contributed by atoms with van der Waals surface area (Å²) in [5.41, 5.74) is 0. The van der Waals surface area contributed by atoms with Crippen LogP contribution in [0.1, 0.15) is 78.1 Å². The summed E-state index contributed by atoms with van der Waals surface area (Å²) in [6, 6.07) is 0. The van der Waals surface area contributed by atoms with E-state index in [-0.39, 0.29) is 5.91 Å². The fourth-order valence-electron chi connectivity index (χ4n) is 2.14. The van der Waals surface area contributed by atoms with E-state index in [9.17, 15) is 4.79 Å². The van der Waals surface area contributed by atoms with Crippen molar-refractivity contribution in [2.45, 2.75) is 78.1 Å². The Morgan fingerprint density at radius 3 is 1.95 bits per heavy atom. The molecule has 0 atom stereocenters. The van der Waals surface area contributed by atoms with Gasteiger partial charge in [-0.3, -0.25) is 4.79 Å². The number of unbranched alkanes of at least 4 members (excludes halogenated alkanes) is 9. The average Bonchev–Trinajstić information content (AvgIpc) is 2.45. The molecule has 1 amide bonds. The second kappa shape index (κ2) is 16.0. The first kappa shape index (κ1) is 18.9. The van der Waals surface area contributed by atoms with Crippen LogP contribution in [0.2, 0.25) is 0 Å². The summed E-state index contributed by atoms with van der Waals surface area (Å²) >= 11 is 0. The van der Waals surface area contributed by atoms with E-state index >= 15 is 0 Å². The van der Waals surface area contributed by atoms with Crippen LogP contribution >= 0.6 is 0 Å². The third kappa shape index (κ3) is 15.0. The molecule has 0 unspecified atom stereocenters. The maximum absolute atomic E-state index is 11.3. The summed E-state index contributed by atoms with van der Waals surface area (Å²) in [4.78, 5) is 11.3. The van der Waals surface area contributed by atoms with Crippen LogP contribution in [0.4, 0.5) is 0 Å². The minimum absolute atomic E-state index is 0.0130. The number of carbonyl (C=O) groups excluding carboxylic acids is 1. The molecule has 0 fully saturated rings. The van der Waals surface area contributed by atoms with E-state index in [1.165, 1.54) is 57.8 Å². The Balaban J connectivity index is 3.18. The van der Waals surface area contributed by atoms with E-state index in [1.54, 1.807) is 12.2 Å². The van der Waals surface area contributed by atoms with Gasteiger partial charge in [0, 0.05) is 12.6 Å². The van der Waals surface area contributed by atoms with Gasteiger partial charge in [0.2, 0.25) is 5.91 Å². The molecule has 2 heteroatoms. The molecule has 0 aromatic heterocycles. The molecule has 0 aromatic rings.